The van der Waals surface area contributed by atoms with Gasteiger partial charge in [-0.2, -0.15) is 0 Å². The smallest absolute Gasteiger partial charge is 0.185 e. The maximum Gasteiger partial charge on any atom is 0.185 e. The summed E-state index contributed by atoms with van der Waals surface area (Å²) in [4.78, 5) is 7.98. The van der Waals surface area contributed by atoms with E-state index in [0.717, 1.165) is 24.8 Å². The lowest BCUT2D eigenvalue weighted by Crippen LogP contribution is -2.15. The zero-order valence-corrected chi connectivity index (χ0v) is 12.6. The van der Waals surface area contributed by atoms with E-state index < -0.39 is 0 Å². The molecule has 0 atom stereocenters. The van der Waals surface area contributed by atoms with Gasteiger partial charge in [0.05, 0.1) is 0 Å². The Bertz CT molecular complexity index is 522. The van der Waals surface area contributed by atoms with E-state index in [2.05, 4.69) is 60.4 Å². The molecule has 0 aliphatic heterocycles. The highest BCUT2D eigenvalue weighted by molar-refractivity contribution is 7.15. The van der Waals surface area contributed by atoms with Crippen LogP contribution in [0.2, 0.25) is 0 Å². The molecule has 102 valence electrons. The molecule has 1 heterocycles. The Labute approximate surface area is 119 Å². The van der Waals surface area contributed by atoms with E-state index in [9.17, 15) is 0 Å². The van der Waals surface area contributed by atoms with Crippen molar-refractivity contribution in [3.8, 4) is 0 Å². The molecule has 0 aliphatic rings. The standard InChI is InChI=1S/C15H21N3S/c1-4-16-9-14-10-17-15(19-14)18(3)11-13-7-5-6-12(2)8-13/h5-8,10,16H,4,9,11H2,1-3H3. The van der Waals surface area contributed by atoms with Crippen LogP contribution in [0.1, 0.15) is 22.9 Å². The van der Waals surface area contributed by atoms with Crippen molar-refractivity contribution in [2.24, 2.45) is 0 Å². The van der Waals surface area contributed by atoms with Crippen LogP contribution in [0.4, 0.5) is 5.13 Å². The second-order valence-electron chi connectivity index (χ2n) is 4.73. The van der Waals surface area contributed by atoms with Crippen LogP contribution in [0.15, 0.2) is 30.5 Å². The summed E-state index contributed by atoms with van der Waals surface area (Å²) < 4.78 is 0. The molecule has 1 N–H and O–H groups in total. The molecule has 0 fully saturated rings. The van der Waals surface area contributed by atoms with Crippen LogP contribution in [0, 0.1) is 6.92 Å². The Kier molecular flexibility index (Phi) is 4.93. The molecule has 0 saturated heterocycles. The second-order valence-corrected chi connectivity index (χ2v) is 5.83. The Morgan fingerprint density at radius 2 is 2.21 bits per heavy atom. The SMILES string of the molecule is CCNCc1cnc(N(C)Cc2cccc(C)c2)s1. The quantitative estimate of drug-likeness (QED) is 0.877. The lowest BCUT2D eigenvalue weighted by molar-refractivity contribution is 0.734. The minimum Gasteiger partial charge on any atom is -0.347 e. The lowest BCUT2D eigenvalue weighted by Gasteiger charge is -2.15. The molecule has 0 radical (unpaired) electrons. The normalized spacial score (nSPS) is 10.7. The monoisotopic (exact) mass is 275 g/mol. The number of anilines is 1. The highest BCUT2D eigenvalue weighted by Gasteiger charge is 2.07. The summed E-state index contributed by atoms with van der Waals surface area (Å²) >= 11 is 1.76. The Morgan fingerprint density at radius 3 is 2.95 bits per heavy atom. The Balaban J connectivity index is 1.99. The molecule has 0 saturated carbocycles. The van der Waals surface area contributed by atoms with E-state index in [1.165, 1.54) is 16.0 Å². The first kappa shape index (κ1) is 14.0. The molecule has 0 unspecified atom stereocenters. The van der Waals surface area contributed by atoms with Gasteiger partial charge in [-0.1, -0.05) is 36.8 Å². The van der Waals surface area contributed by atoms with Crippen molar-refractivity contribution in [2.45, 2.75) is 26.9 Å². The summed E-state index contributed by atoms with van der Waals surface area (Å²) in [5, 5.41) is 4.40. The maximum absolute atomic E-state index is 4.49. The van der Waals surface area contributed by atoms with Crippen LogP contribution in [0.3, 0.4) is 0 Å². The van der Waals surface area contributed by atoms with Crippen LogP contribution in [0.25, 0.3) is 0 Å². The predicted molar refractivity (Wildman–Crippen MR) is 82.8 cm³/mol. The second kappa shape index (κ2) is 6.68. The van der Waals surface area contributed by atoms with E-state index in [0.29, 0.717) is 0 Å². The van der Waals surface area contributed by atoms with Gasteiger partial charge in [0, 0.05) is 31.2 Å². The fourth-order valence-electron chi connectivity index (χ4n) is 1.96. The summed E-state index contributed by atoms with van der Waals surface area (Å²) in [7, 11) is 2.10. The van der Waals surface area contributed by atoms with Gasteiger partial charge in [0.25, 0.3) is 0 Å². The number of rotatable bonds is 6. The van der Waals surface area contributed by atoms with Crippen molar-refractivity contribution in [3.05, 3.63) is 46.5 Å². The van der Waals surface area contributed by atoms with Crippen molar-refractivity contribution < 1.29 is 0 Å². The zero-order valence-electron chi connectivity index (χ0n) is 11.8. The number of hydrogen-bond acceptors (Lipinski definition) is 4. The zero-order chi connectivity index (χ0) is 13.7. The molecule has 3 nitrogen and oxygen atoms in total. The van der Waals surface area contributed by atoms with Crippen LogP contribution in [0.5, 0.6) is 0 Å². The molecular formula is C15H21N3S. The highest BCUT2D eigenvalue weighted by atomic mass is 32.1. The molecule has 4 heteroatoms. The summed E-state index contributed by atoms with van der Waals surface area (Å²) in [6.07, 6.45) is 1.97. The van der Waals surface area contributed by atoms with Crippen LogP contribution >= 0.6 is 11.3 Å². The summed E-state index contributed by atoms with van der Waals surface area (Å²) in [6.45, 7) is 7.04. The largest absolute Gasteiger partial charge is 0.347 e. The molecule has 2 aromatic rings. The van der Waals surface area contributed by atoms with Gasteiger partial charge in [0.1, 0.15) is 0 Å². The van der Waals surface area contributed by atoms with Gasteiger partial charge >= 0.3 is 0 Å². The average Bonchev–Trinajstić information content (AvgIpc) is 2.85. The third-order valence-electron chi connectivity index (χ3n) is 2.92. The predicted octanol–water partition coefficient (Wildman–Crippen LogP) is 3.20. The number of hydrogen-bond donors (Lipinski definition) is 1. The van der Waals surface area contributed by atoms with Gasteiger partial charge in [-0.15, -0.1) is 11.3 Å². The first-order valence-electron chi connectivity index (χ1n) is 6.61. The minimum atomic E-state index is 0.899. The first-order valence-corrected chi connectivity index (χ1v) is 7.42. The van der Waals surface area contributed by atoms with Crippen molar-refractivity contribution in [1.82, 2.24) is 10.3 Å². The van der Waals surface area contributed by atoms with Crippen molar-refractivity contribution in [1.29, 1.82) is 0 Å². The average molecular weight is 275 g/mol. The van der Waals surface area contributed by atoms with Crippen LogP contribution < -0.4 is 10.2 Å². The Hall–Kier alpha value is -1.39. The molecule has 19 heavy (non-hydrogen) atoms. The number of aryl methyl sites for hydroxylation is 1. The van der Waals surface area contributed by atoms with Gasteiger partial charge in [-0.05, 0) is 19.0 Å². The molecule has 0 aliphatic carbocycles. The van der Waals surface area contributed by atoms with Crippen molar-refractivity contribution in [2.75, 3.05) is 18.5 Å². The fraction of sp³-hybridized carbons (Fsp3) is 0.400. The topological polar surface area (TPSA) is 28.2 Å². The molecule has 0 spiro atoms. The molecule has 1 aromatic carbocycles. The number of nitrogens with zero attached hydrogens (tertiary/aromatic N) is 2. The highest BCUT2D eigenvalue weighted by Crippen LogP contribution is 2.22. The van der Waals surface area contributed by atoms with Gasteiger partial charge in [0.15, 0.2) is 5.13 Å². The van der Waals surface area contributed by atoms with Crippen molar-refractivity contribution in [3.63, 3.8) is 0 Å². The van der Waals surface area contributed by atoms with Gasteiger partial charge in [-0.25, -0.2) is 4.98 Å². The molecule has 0 bridgehead atoms. The van der Waals surface area contributed by atoms with Crippen LogP contribution in [-0.2, 0) is 13.1 Å². The van der Waals surface area contributed by atoms with Gasteiger partial charge in [0.2, 0.25) is 0 Å². The van der Waals surface area contributed by atoms with E-state index >= 15 is 0 Å². The number of thiazole rings is 1. The summed E-state index contributed by atoms with van der Waals surface area (Å²) in [5.74, 6) is 0. The number of nitrogens with one attached hydrogen (secondary N) is 1. The summed E-state index contributed by atoms with van der Waals surface area (Å²) in [5.41, 5.74) is 2.63. The van der Waals surface area contributed by atoms with E-state index in [4.69, 9.17) is 0 Å². The third-order valence-corrected chi connectivity index (χ3v) is 4.03. The maximum atomic E-state index is 4.49. The van der Waals surface area contributed by atoms with Crippen molar-refractivity contribution >= 4 is 16.5 Å². The molecule has 0 amide bonds. The first-order chi connectivity index (χ1) is 9.19. The minimum absolute atomic E-state index is 0.899. The number of aromatic nitrogens is 1. The van der Waals surface area contributed by atoms with Gasteiger partial charge in [-0.3, -0.25) is 0 Å². The van der Waals surface area contributed by atoms with E-state index in [1.807, 2.05) is 6.20 Å². The molecular weight excluding hydrogens is 254 g/mol. The third kappa shape index (κ3) is 4.04. The molecule has 1 aromatic heterocycles. The summed E-state index contributed by atoms with van der Waals surface area (Å²) in [6, 6.07) is 8.62. The van der Waals surface area contributed by atoms with Crippen LogP contribution in [-0.4, -0.2) is 18.6 Å². The number of benzene rings is 1. The van der Waals surface area contributed by atoms with Gasteiger partial charge < -0.3 is 10.2 Å². The fourth-order valence-corrected chi connectivity index (χ4v) is 2.80. The lowest BCUT2D eigenvalue weighted by atomic mass is 10.1. The van der Waals surface area contributed by atoms with E-state index in [1.54, 1.807) is 11.3 Å². The Morgan fingerprint density at radius 1 is 1.37 bits per heavy atom. The molecule has 2 rings (SSSR count). The van der Waals surface area contributed by atoms with E-state index in [-0.39, 0.29) is 0 Å².